The molecule has 2 aliphatic rings. The van der Waals surface area contributed by atoms with Gasteiger partial charge in [-0.3, -0.25) is 9.36 Å². The lowest BCUT2D eigenvalue weighted by atomic mass is 10.0. The molecule has 1 aliphatic heterocycles. The maximum atomic E-state index is 13.3. The lowest BCUT2D eigenvalue weighted by molar-refractivity contribution is -0.131. The van der Waals surface area contributed by atoms with E-state index >= 15 is 0 Å². The standard InChI is InChI=1S/C23H22ClFN4O2/c24-20-11-18(25)7-8-19(20)15-1-3-16(4-2-15)21-26-27-23(31)29(21)13-14-9-10-28(12-14)22(30)17-5-6-17/h1-4,7-8,11,14,17H,5-6,9-10,12-13H2,(H,27,31)/t14-/m1/s1. The maximum absolute atomic E-state index is 13.3. The van der Waals surface area contributed by atoms with E-state index in [1.807, 2.05) is 29.2 Å². The third-order valence-corrected chi connectivity index (χ3v) is 6.42. The van der Waals surface area contributed by atoms with Gasteiger partial charge in [-0.15, -0.1) is 0 Å². The number of aromatic nitrogens is 3. The fourth-order valence-corrected chi connectivity index (χ4v) is 4.53. The molecule has 1 saturated carbocycles. The summed E-state index contributed by atoms with van der Waals surface area (Å²) in [7, 11) is 0. The Morgan fingerprint density at radius 3 is 2.58 bits per heavy atom. The van der Waals surface area contributed by atoms with Crippen LogP contribution in [0.3, 0.4) is 0 Å². The number of nitrogens with one attached hydrogen (secondary N) is 1. The van der Waals surface area contributed by atoms with Crippen LogP contribution < -0.4 is 5.69 Å². The number of carbonyl (C=O) groups excluding carboxylic acids is 1. The van der Waals surface area contributed by atoms with E-state index in [2.05, 4.69) is 10.2 Å². The van der Waals surface area contributed by atoms with Crippen molar-refractivity contribution in [1.29, 1.82) is 0 Å². The zero-order chi connectivity index (χ0) is 21.5. The summed E-state index contributed by atoms with van der Waals surface area (Å²) < 4.78 is 15.0. The SMILES string of the molecule is O=C(C1CC1)N1CC[C@@H](Cn2c(-c3ccc(-c4ccc(F)cc4Cl)cc3)n[nH]c2=O)C1. The Morgan fingerprint density at radius 2 is 1.87 bits per heavy atom. The molecule has 8 heteroatoms. The lowest BCUT2D eigenvalue weighted by Gasteiger charge is -2.16. The second-order valence-corrected chi connectivity index (χ2v) is 8.78. The highest BCUT2D eigenvalue weighted by atomic mass is 35.5. The molecule has 0 unspecified atom stereocenters. The number of hydrogen-bond donors (Lipinski definition) is 1. The summed E-state index contributed by atoms with van der Waals surface area (Å²) in [6.07, 6.45) is 2.90. The Balaban J connectivity index is 1.35. The molecule has 0 spiro atoms. The van der Waals surface area contributed by atoms with Crippen LogP contribution in [0.5, 0.6) is 0 Å². The Labute approximate surface area is 183 Å². The zero-order valence-electron chi connectivity index (χ0n) is 16.9. The predicted molar refractivity (Wildman–Crippen MR) is 116 cm³/mol. The minimum absolute atomic E-state index is 0.221. The highest BCUT2D eigenvalue weighted by Crippen LogP contribution is 2.33. The van der Waals surface area contributed by atoms with Gasteiger partial charge in [0, 0.05) is 36.7 Å². The van der Waals surface area contributed by atoms with Crippen LogP contribution in [-0.4, -0.2) is 38.7 Å². The van der Waals surface area contributed by atoms with Crippen molar-refractivity contribution in [3.05, 3.63) is 63.8 Å². The van der Waals surface area contributed by atoms with Gasteiger partial charge >= 0.3 is 5.69 Å². The highest BCUT2D eigenvalue weighted by Gasteiger charge is 2.36. The Hall–Kier alpha value is -2.93. The summed E-state index contributed by atoms with van der Waals surface area (Å²) in [6, 6.07) is 11.8. The lowest BCUT2D eigenvalue weighted by Crippen LogP contribution is -2.31. The van der Waals surface area contributed by atoms with Gasteiger partial charge in [-0.1, -0.05) is 35.9 Å². The molecule has 6 nitrogen and oxygen atoms in total. The molecule has 2 heterocycles. The number of halogens is 2. The smallest absolute Gasteiger partial charge is 0.342 e. The van der Waals surface area contributed by atoms with E-state index in [0.29, 0.717) is 23.9 Å². The summed E-state index contributed by atoms with van der Waals surface area (Å²) in [5.41, 5.74) is 2.13. The van der Waals surface area contributed by atoms with Gasteiger partial charge < -0.3 is 4.90 Å². The fraction of sp³-hybridized carbons (Fsp3) is 0.348. The van der Waals surface area contributed by atoms with Crippen LogP contribution in [-0.2, 0) is 11.3 Å². The van der Waals surface area contributed by atoms with Gasteiger partial charge in [0.05, 0.1) is 5.02 Å². The van der Waals surface area contributed by atoms with Gasteiger partial charge in [0.15, 0.2) is 5.82 Å². The second-order valence-electron chi connectivity index (χ2n) is 8.38. The van der Waals surface area contributed by atoms with E-state index in [9.17, 15) is 14.0 Å². The van der Waals surface area contributed by atoms with E-state index in [1.165, 1.54) is 12.1 Å². The highest BCUT2D eigenvalue weighted by molar-refractivity contribution is 6.33. The molecule has 5 rings (SSSR count). The van der Waals surface area contributed by atoms with Gasteiger partial charge in [-0.2, -0.15) is 5.10 Å². The molecular weight excluding hydrogens is 419 g/mol. The van der Waals surface area contributed by atoms with E-state index in [1.54, 1.807) is 10.6 Å². The monoisotopic (exact) mass is 440 g/mol. The zero-order valence-corrected chi connectivity index (χ0v) is 17.6. The van der Waals surface area contributed by atoms with Gasteiger partial charge in [0.25, 0.3) is 0 Å². The van der Waals surface area contributed by atoms with Crippen molar-refractivity contribution in [3.63, 3.8) is 0 Å². The number of nitrogens with zero attached hydrogens (tertiary/aromatic N) is 3. The summed E-state index contributed by atoms with van der Waals surface area (Å²) >= 11 is 6.17. The molecule has 31 heavy (non-hydrogen) atoms. The van der Waals surface area contributed by atoms with Crippen molar-refractivity contribution in [3.8, 4) is 22.5 Å². The van der Waals surface area contributed by atoms with E-state index in [0.717, 1.165) is 42.5 Å². The number of carbonyl (C=O) groups is 1. The largest absolute Gasteiger partial charge is 0.343 e. The van der Waals surface area contributed by atoms with Gasteiger partial charge in [0.1, 0.15) is 5.82 Å². The number of likely N-dealkylation sites (tertiary alicyclic amines) is 1. The molecule has 1 atom stereocenters. The molecule has 1 aliphatic carbocycles. The number of benzene rings is 2. The maximum Gasteiger partial charge on any atom is 0.343 e. The molecule has 1 amide bonds. The first kappa shape index (κ1) is 20.0. The average Bonchev–Trinajstić information content (AvgIpc) is 3.41. The Kier molecular flexibility index (Phi) is 5.14. The van der Waals surface area contributed by atoms with Crippen LogP contribution in [0.25, 0.3) is 22.5 Å². The number of H-pyrrole nitrogens is 1. The van der Waals surface area contributed by atoms with Crippen LogP contribution in [0.15, 0.2) is 47.3 Å². The number of amides is 1. The van der Waals surface area contributed by atoms with Crippen LogP contribution in [0.2, 0.25) is 5.02 Å². The first-order chi connectivity index (χ1) is 15.0. The minimum atomic E-state index is -0.379. The van der Waals surface area contributed by atoms with Crippen molar-refractivity contribution in [1.82, 2.24) is 19.7 Å². The molecule has 1 saturated heterocycles. The summed E-state index contributed by atoms with van der Waals surface area (Å²) in [5.74, 6) is 0.898. The van der Waals surface area contributed by atoms with E-state index < -0.39 is 0 Å². The summed E-state index contributed by atoms with van der Waals surface area (Å²) in [6.45, 7) is 1.97. The van der Waals surface area contributed by atoms with Gasteiger partial charge in [-0.25, -0.2) is 14.3 Å². The Bertz CT molecular complexity index is 1180. The van der Waals surface area contributed by atoms with Crippen LogP contribution in [0.4, 0.5) is 4.39 Å². The summed E-state index contributed by atoms with van der Waals surface area (Å²) in [4.78, 5) is 26.7. The van der Waals surface area contributed by atoms with Crippen molar-refractivity contribution in [2.75, 3.05) is 13.1 Å². The molecular formula is C23H22ClFN4O2. The van der Waals surface area contributed by atoms with Crippen LogP contribution in [0.1, 0.15) is 19.3 Å². The van der Waals surface area contributed by atoms with Crippen LogP contribution in [0, 0.1) is 17.7 Å². The fourth-order valence-electron chi connectivity index (χ4n) is 4.26. The molecule has 160 valence electrons. The normalized spacial score (nSPS) is 18.5. The second kappa shape index (κ2) is 7.96. The minimum Gasteiger partial charge on any atom is -0.342 e. The molecule has 1 N–H and O–H groups in total. The van der Waals surface area contributed by atoms with Crippen molar-refractivity contribution in [2.24, 2.45) is 11.8 Å². The number of hydrogen-bond acceptors (Lipinski definition) is 3. The van der Waals surface area contributed by atoms with Crippen molar-refractivity contribution >= 4 is 17.5 Å². The number of aromatic amines is 1. The summed E-state index contributed by atoms with van der Waals surface area (Å²) in [5, 5.41) is 7.11. The third-order valence-electron chi connectivity index (χ3n) is 6.11. The predicted octanol–water partition coefficient (Wildman–Crippen LogP) is 3.96. The Morgan fingerprint density at radius 1 is 1.13 bits per heavy atom. The molecule has 2 aromatic carbocycles. The van der Waals surface area contributed by atoms with Gasteiger partial charge in [-0.05, 0) is 48.9 Å². The molecule has 1 aromatic heterocycles. The number of rotatable bonds is 5. The van der Waals surface area contributed by atoms with Crippen LogP contribution >= 0.6 is 11.6 Å². The average molecular weight is 441 g/mol. The van der Waals surface area contributed by atoms with E-state index in [4.69, 9.17) is 11.6 Å². The first-order valence-electron chi connectivity index (χ1n) is 10.5. The molecule has 2 fully saturated rings. The van der Waals surface area contributed by atoms with Gasteiger partial charge in [0.2, 0.25) is 5.91 Å². The molecule has 0 bridgehead atoms. The van der Waals surface area contributed by atoms with Crippen molar-refractivity contribution < 1.29 is 9.18 Å². The molecule has 0 radical (unpaired) electrons. The topological polar surface area (TPSA) is 71.0 Å². The third kappa shape index (κ3) is 4.02. The van der Waals surface area contributed by atoms with Crippen molar-refractivity contribution in [2.45, 2.75) is 25.8 Å². The quantitative estimate of drug-likeness (QED) is 0.652. The first-order valence-corrected chi connectivity index (χ1v) is 10.9. The molecule has 3 aromatic rings. The van der Waals surface area contributed by atoms with E-state index in [-0.39, 0.29) is 29.2 Å².